The highest BCUT2D eigenvalue weighted by atomic mass is 35.5. The van der Waals surface area contributed by atoms with Gasteiger partial charge in [-0.05, 0) is 48.8 Å². The molecule has 1 aliphatic heterocycles. The van der Waals surface area contributed by atoms with Crippen LogP contribution in [0.5, 0.6) is 11.5 Å². The van der Waals surface area contributed by atoms with Crippen LogP contribution in [0.4, 0.5) is 8.78 Å². The second kappa shape index (κ2) is 8.67. The van der Waals surface area contributed by atoms with E-state index in [1.807, 2.05) is 0 Å². The van der Waals surface area contributed by atoms with E-state index in [0.29, 0.717) is 31.2 Å². The molecule has 0 spiro atoms. The van der Waals surface area contributed by atoms with Crippen molar-refractivity contribution >= 4 is 18.4 Å². The summed E-state index contributed by atoms with van der Waals surface area (Å²) in [6.07, 6.45) is 2.82. The summed E-state index contributed by atoms with van der Waals surface area (Å²) >= 11 is 0. The summed E-state index contributed by atoms with van der Waals surface area (Å²) in [5, 5.41) is 3.12. The molecule has 2 atom stereocenters. The van der Waals surface area contributed by atoms with Crippen LogP contribution < -0.4 is 14.8 Å². The lowest BCUT2D eigenvalue weighted by atomic mass is 9.96. The molecule has 1 aliphatic carbocycles. The van der Waals surface area contributed by atoms with E-state index in [-0.39, 0.29) is 36.1 Å². The Hall–Kier alpha value is -1.60. The summed E-state index contributed by atoms with van der Waals surface area (Å²) in [4.78, 5) is 11.6. The van der Waals surface area contributed by atoms with Gasteiger partial charge in [0.05, 0.1) is 13.7 Å². The molecule has 2 aliphatic rings. The number of carbonyl (C=O) groups excluding carboxylic acids is 1. The molecule has 1 saturated heterocycles. The Morgan fingerprint density at radius 1 is 1.32 bits per heavy atom. The van der Waals surface area contributed by atoms with Crippen molar-refractivity contribution < 1.29 is 27.8 Å². The largest absolute Gasteiger partial charge is 0.489 e. The van der Waals surface area contributed by atoms with Gasteiger partial charge in [-0.3, -0.25) is 4.79 Å². The fourth-order valence-electron chi connectivity index (χ4n) is 2.89. The Balaban J connectivity index is 0.00000225. The number of alkyl halides is 2. The number of hydrogen-bond donors (Lipinski definition) is 1. The molecule has 0 amide bonds. The van der Waals surface area contributed by atoms with Crippen LogP contribution in [0.15, 0.2) is 18.2 Å². The van der Waals surface area contributed by atoms with Gasteiger partial charge in [0, 0.05) is 6.54 Å². The molecule has 8 heteroatoms. The average Bonchev–Trinajstić information content (AvgIpc) is 3.27. The molecule has 1 heterocycles. The first-order valence-corrected chi connectivity index (χ1v) is 8.09. The second-order valence-corrected chi connectivity index (χ2v) is 6.26. The summed E-state index contributed by atoms with van der Waals surface area (Å²) < 4.78 is 40.1. The number of methoxy groups -OCH3 is 1. The quantitative estimate of drug-likeness (QED) is 0.740. The number of halogens is 3. The van der Waals surface area contributed by atoms with Gasteiger partial charge >= 0.3 is 12.6 Å². The minimum atomic E-state index is -2.89. The first-order valence-electron chi connectivity index (χ1n) is 8.09. The van der Waals surface area contributed by atoms with E-state index in [2.05, 4.69) is 10.1 Å². The maximum atomic E-state index is 12.6. The number of ether oxygens (including phenoxy) is 3. The Bertz CT molecular complexity index is 598. The molecular formula is C17H22ClF2NO4. The second-order valence-electron chi connectivity index (χ2n) is 6.26. The van der Waals surface area contributed by atoms with Crippen LogP contribution >= 0.6 is 12.4 Å². The van der Waals surface area contributed by atoms with Crippen molar-refractivity contribution in [2.45, 2.75) is 37.8 Å². The van der Waals surface area contributed by atoms with Gasteiger partial charge in [-0.25, -0.2) is 0 Å². The molecule has 5 nitrogen and oxygen atoms in total. The zero-order valence-electron chi connectivity index (χ0n) is 13.9. The summed E-state index contributed by atoms with van der Waals surface area (Å²) in [7, 11) is 1.36. The number of esters is 1. The molecule has 25 heavy (non-hydrogen) atoms. The Labute approximate surface area is 151 Å². The van der Waals surface area contributed by atoms with Gasteiger partial charge in [0.15, 0.2) is 11.5 Å². The van der Waals surface area contributed by atoms with E-state index in [1.54, 1.807) is 12.1 Å². The molecule has 0 bridgehead atoms. The Morgan fingerprint density at radius 3 is 2.72 bits per heavy atom. The first kappa shape index (κ1) is 19.7. The van der Waals surface area contributed by atoms with Crippen molar-refractivity contribution in [2.75, 3.05) is 20.3 Å². The maximum absolute atomic E-state index is 12.6. The molecule has 1 aromatic rings. The van der Waals surface area contributed by atoms with E-state index < -0.39 is 6.61 Å². The van der Waals surface area contributed by atoms with Crippen LogP contribution in [0.25, 0.3) is 0 Å². The summed E-state index contributed by atoms with van der Waals surface area (Å²) in [6, 6.07) is 4.66. The van der Waals surface area contributed by atoms with Crippen molar-refractivity contribution in [3.05, 3.63) is 23.8 Å². The van der Waals surface area contributed by atoms with Gasteiger partial charge in [0.2, 0.25) is 0 Å². The van der Waals surface area contributed by atoms with Crippen molar-refractivity contribution in [1.82, 2.24) is 5.32 Å². The highest BCUT2D eigenvalue weighted by molar-refractivity contribution is 5.85. The van der Waals surface area contributed by atoms with Crippen molar-refractivity contribution in [2.24, 2.45) is 5.92 Å². The van der Waals surface area contributed by atoms with E-state index in [1.165, 1.54) is 13.2 Å². The van der Waals surface area contributed by atoms with Crippen molar-refractivity contribution in [3.8, 4) is 11.5 Å². The van der Waals surface area contributed by atoms with Crippen LogP contribution in [-0.2, 0) is 9.53 Å². The van der Waals surface area contributed by atoms with Gasteiger partial charge in [0.1, 0.15) is 6.04 Å². The summed E-state index contributed by atoms with van der Waals surface area (Å²) in [5.74, 6) is 0.689. The highest BCUT2D eigenvalue weighted by Gasteiger charge is 2.31. The van der Waals surface area contributed by atoms with Crippen LogP contribution in [0.2, 0.25) is 0 Å². The molecule has 0 aromatic heterocycles. The lowest BCUT2D eigenvalue weighted by Gasteiger charge is -2.16. The van der Waals surface area contributed by atoms with E-state index in [9.17, 15) is 13.6 Å². The predicted molar refractivity (Wildman–Crippen MR) is 89.7 cm³/mol. The minimum Gasteiger partial charge on any atom is -0.489 e. The molecule has 0 radical (unpaired) electrons. The topological polar surface area (TPSA) is 56.8 Å². The van der Waals surface area contributed by atoms with Gasteiger partial charge in [-0.2, -0.15) is 8.78 Å². The smallest absolute Gasteiger partial charge is 0.387 e. The fourth-order valence-corrected chi connectivity index (χ4v) is 2.89. The molecule has 1 N–H and O–H groups in total. The molecule has 1 saturated carbocycles. The Kier molecular flexibility index (Phi) is 6.84. The lowest BCUT2D eigenvalue weighted by molar-refractivity contribution is -0.142. The average molecular weight is 378 g/mol. The normalized spacial score (nSPS) is 22.4. The number of carbonyl (C=O) groups is 1. The number of rotatable bonds is 7. The zero-order valence-corrected chi connectivity index (χ0v) is 14.7. The third-order valence-electron chi connectivity index (χ3n) is 4.44. The molecule has 3 rings (SSSR count). The zero-order chi connectivity index (χ0) is 17.1. The van der Waals surface area contributed by atoms with Crippen LogP contribution in [0.1, 0.15) is 30.7 Å². The molecule has 1 unspecified atom stereocenters. The lowest BCUT2D eigenvalue weighted by Crippen LogP contribution is -2.31. The third-order valence-corrected chi connectivity index (χ3v) is 4.44. The van der Waals surface area contributed by atoms with Gasteiger partial charge in [0.25, 0.3) is 0 Å². The molecule has 2 fully saturated rings. The van der Waals surface area contributed by atoms with Crippen LogP contribution in [0.3, 0.4) is 0 Å². The third kappa shape index (κ3) is 5.19. The molecular weight excluding hydrogens is 356 g/mol. The van der Waals surface area contributed by atoms with Gasteiger partial charge in [-0.1, -0.05) is 6.07 Å². The number of hydrogen-bond acceptors (Lipinski definition) is 5. The van der Waals surface area contributed by atoms with E-state index in [0.717, 1.165) is 18.4 Å². The standard InChI is InChI=1S/C17H21F2NO4.ClH/c1-22-16(21)13-6-12(8-20-13)11-4-5-14(24-17(18)19)15(7-11)23-9-10-2-3-10;/h4-5,7,10,12-13,17,20H,2-3,6,8-9H2,1H3;1H/t12?,13-;/m1./s1. The highest BCUT2D eigenvalue weighted by Crippen LogP contribution is 2.37. The van der Waals surface area contributed by atoms with E-state index >= 15 is 0 Å². The van der Waals surface area contributed by atoms with Crippen molar-refractivity contribution in [1.29, 1.82) is 0 Å². The molecule has 140 valence electrons. The maximum Gasteiger partial charge on any atom is 0.387 e. The fraction of sp³-hybridized carbons (Fsp3) is 0.588. The van der Waals surface area contributed by atoms with Gasteiger partial charge in [-0.15, -0.1) is 12.4 Å². The summed E-state index contributed by atoms with van der Waals surface area (Å²) in [6.45, 7) is -1.76. The minimum absolute atomic E-state index is 0. The first-order chi connectivity index (χ1) is 11.6. The van der Waals surface area contributed by atoms with Crippen LogP contribution in [-0.4, -0.2) is 38.9 Å². The monoisotopic (exact) mass is 377 g/mol. The SMILES string of the molecule is COC(=O)[C@H]1CC(c2ccc(OC(F)F)c(OCC3CC3)c2)CN1.Cl. The van der Waals surface area contributed by atoms with Crippen molar-refractivity contribution in [3.63, 3.8) is 0 Å². The van der Waals surface area contributed by atoms with E-state index in [4.69, 9.17) is 9.47 Å². The van der Waals surface area contributed by atoms with Gasteiger partial charge < -0.3 is 19.5 Å². The molecule has 1 aromatic carbocycles. The Morgan fingerprint density at radius 2 is 2.08 bits per heavy atom. The number of nitrogens with one attached hydrogen (secondary N) is 1. The van der Waals surface area contributed by atoms with Crippen LogP contribution in [0, 0.1) is 5.92 Å². The predicted octanol–water partition coefficient (Wildman–Crippen LogP) is 3.12. The number of benzene rings is 1. The summed E-state index contributed by atoms with van der Waals surface area (Å²) in [5.41, 5.74) is 0.932.